The van der Waals surface area contributed by atoms with Crippen molar-refractivity contribution in [3.8, 4) is 5.75 Å². The van der Waals surface area contributed by atoms with Gasteiger partial charge in [-0.15, -0.1) is 13.2 Å². The molecule has 20 heavy (non-hydrogen) atoms. The second kappa shape index (κ2) is 5.44. The highest BCUT2D eigenvalue weighted by Crippen LogP contribution is 2.35. The average molecular weight is 334 g/mol. The van der Waals surface area contributed by atoms with Crippen molar-refractivity contribution in [2.75, 3.05) is 0 Å². The molecule has 0 saturated carbocycles. The molecule has 0 bridgehead atoms. The van der Waals surface area contributed by atoms with Crippen LogP contribution in [-0.2, 0) is 15.5 Å². The van der Waals surface area contributed by atoms with E-state index in [4.69, 9.17) is 10.7 Å². The summed E-state index contributed by atoms with van der Waals surface area (Å²) < 4.78 is 62.5. The van der Waals surface area contributed by atoms with Crippen LogP contribution >= 0.6 is 10.7 Å². The first-order valence-electron chi connectivity index (χ1n) is 4.97. The highest BCUT2D eigenvalue weighted by atomic mass is 35.7. The van der Waals surface area contributed by atoms with Gasteiger partial charge in [0.05, 0.1) is 15.9 Å². The van der Waals surface area contributed by atoms with Crippen LogP contribution in [-0.4, -0.2) is 19.7 Å². The molecule has 0 aliphatic carbocycles. The summed E-state index contributed by atoms with van der Waals surface area (Å²) in [7, 11) is 0.616. The minimum atomic E-state index is -5.12. The number of nitro groups is 1. The molecule has 0 amide bonds. The Hall–Kier alpha value is -1.55. The van der Waals surface area contributed by atoms with Gasteiger partial charge < -0.3 is 4.74 Å². The molecule has 0 radical (unpaired) electrons. The van der Waals surface area contributed by atoms with Crippen molar-refractivity contribution in [2.45, 2.75) is 24.6 Å². The van der Waals surface area contributed by atoms with E-state index in [-0.39, 0.29) is 12.0 Å². The summed E-state index contributed by atoms with van der Waals surface area (Å²) >= 11 is 0. The van der Waals surface area contributed by atoms with E-state index in [1.54, 1.807) is 0 Å². The van der Waals surface area contributed by atoms with Gasteiger partial charge in [0.2, 0.25) is 0 Å². The predicted molar refractivity (Wildman–Crippen MR) is 62.2 cm³/mol. The van der Waals surface area contributed by atoms with Crippen LogP contribution in [0.3, 0.4) is 0 Å². The zero-order chi connectivity index (χ0) is 15.7. The lowest BCUT2D eigenvalue weighted by atomic mass is 10.1. The van der Waals surface area contributed by atoms with E-state index in [0.717, 1.165) is 0 Å². The third kappa shape index (κ3) is 3.97. The van der Waals surface area contributed by atoms with Gasteiger partial charge in [-0.2, -0.15) is 0 Å². The summed E-state index contributed by atoms with van der Waals surface area (Å²) in [5.41, 5.74) is -1.10. The maximum atomic E-state index is 12.1. The molecular weight excluding hydrogens is 327 g/mol. The van der Waals surface area contributed by atoms with Crippen LogP contribution < -0.4 is 4.74 Å². The lowest BCUT2D eigenvalue weighted by Gasteiger charge is -2.12. The maximum Gasteiger partial charge on any atom is 0.573 e. The molecule has 6 nitrogen and oxygen atoms in total. The first-order valence-corrected chi connectivity index (χ1v) is 7.28. The Balaban J connectivity index is 3.61. The van der Waals surface area contributed by atoms with Crippen molar-refractivity contribution in [1.29, 1.82) is 0 Å². The zero-order valence-electron chi connectivity index (χ0n) is 9.77. The van der Waals surface area contributed by atoms with Gasteiger partial charge in [-0.3, -0.25) is 10.1 Å². The van der Waals surface area contributed by atoms with E-state index in [0.29, 0.717) is 12.1 Å². The van der Waals surface area contributed by atoms with Gasteiger partial charge in [0, 0.05) is 22.3 Å². The maximum absolute atomic E-state index is 12.1. The van der Waals surface area contributed by atoms with Gasteiger partial charge in [-0.25, -0.2) is 8.42 Å². The number of hydrogen-bond acceptors (Lipinski definition) is 5. The number of benzene rings is 1. The lowest BCUT2D eigenvalue weighted by Crippen LogP contribution is -2.17. The smallest absolute Gasteiger partial charge is 0.405 e. The molecule has 0 atom stereocenters. The molecule has 11 heteroatoms. The molecule has 1 aromatic rings. The molecule has 0 heterocycles. The number of nitro benzene ring substituents is 1. The molecule has 0 aliphatic rings. The first kappa shape index (κ1) is 16.5. The zero-order valence-corrected chi connectivity index (χ0v) is 11.3. The standard InChI is InChI=1S/C9H7ClF3NO5S/c1-2-6-7(14(15)16)3-5(19-9(11,12)13)4-8(6)20(10,17)18/h3-4H,2H2,1H3. The number of halogens is 4. The number of rotatable bonds is 4. The predicted octanol–water partition coefficient (Wildman–Crippen LogP) is 2.98. The van der Waals surface area contributed by atoms with Crippen LogP contribution in [0.1, 0.15) is 12.5 Å². The fourth-order valence-corrected chi connectivity index (χ4v) is 2.75. The van der Waals surface area contributed by atoms with E-state index in [1.165, 1.54) is 6.92 Å². The van der Waals surface area contributed by atoms with Crippen LogP contribution in [0.4, 0.5) is 18.9 Å². The van der Waals surface area contributed by atoms with E-state index in [1.807, 2.05) is 0 Å². The van der Waals surface area contributed by atoms with Gasteiger partial charge in [0.25, 0.3) is 14.7 Å². The number of alkyl halides is 3. The van der Waals surface area contributed by atoms with Crippen LogP contribution in [0, 0.1) is 10.1 Å². The van der Waals surface area contributed by atoms with Gasteiger partial charge >= 0.3 is 6.36 Å². The summed E-state index contributed by atoms with van der Waals surface area (Å²) in [6, 6.07) is 1.000. The molecule has 1 rings (SSSR count). The van der Waals surface area contributed by atoms with Crippen molar-refractivity contribution in [2.24, 2.45) is 0 Å². The van der Waals surface area contributed by atoms with Crippen molar-refractivity contribution in [3.05, 3.63) is 27.8 Å². The lowest BCUT2D eigenvalue weighted by molar-refractivity contribution is -0.386. The van der Waals surface area contributed by atoms with Crippen LogP contribution in [0.25, 0.3) is 0 Å². The first-order chi connectivity index (χ1) is 8.95. The Morgan fingerprint density at radius 1 is 1.40 bits per heavy atom. The molecule has 112 valence electrons. The summed E-state index contributed by atoms with van der Waals surface area (Å²) in [4.78, 5) is 9.02. The summed E-state index contributed by atoms with van der Waals surface area (Å²) in [6.07, 6.45) is -5.22. The fourth-order valence-electron chi connectivity index (χ4n) is 1.53. The van der Waals surface area contributed by atoms with E-state index >= 15 is 0 Å². The van der Waals surface area contributed by atoms with Gasteiger partial charge in [-0.1, -0.05) is 6.92 Å². The number of hydrogen-bond donors (Lipinski definition) is 0. The molecule has 0 aliphatic heterocycles. The molecule has 1 aromatic carbocycles. The Morgan fingerprint density at radius 2 is 1.95 bits per heavy atom. The van der Waals surface area contributed by atoms with Gasteiger partial charge in [0.1, 0.15) is 5.75 Å². The van der Waals surface area contributed by atoms with Crippen molar-refractivity contribution in [3.63, 3.8) is 0 Å². The molecule has 0 N–H and O–H groups in total. The van der Waals surface area contributed by atoms with Gasteiger partial charge in [-0.05, 0) is 6.42 Å². The highest BCUT2D eigenvalue weighted by molar-refractivity contribution is 8.13. The van der Waals surface area contributed by atoms with Crippen molar-refractivity contribution >= 4 is 25.4 Å². The molecule has 0 spiro atoms. The second-order valence-electron chi connectivity index (χ2n) is 3.52. The van der Waals surface area contributed by atoms with E-state index in [2.05, 4.69) is 4.74 Å². The minimum absolute atomic E-state index is 0.107. The highest BCUT2D eigenvalue weighted by Gasteiger charge is 2.34. The number of nitrogens with zero attached hydrogens (tertiary/aromatic N) is 1. The van der Waals surface area contributed by atoms with Gasteiger partial charge in [0.15, 0.2) is 0 Å². The molecular formula is C9H7ClF3NO5S. The Kier molecular flexibility index (Phi) is 4.49. The quantitative estimate of drug-likeness (QED) is 0.480. The Morgan fingerprint density at radius 3 is 2.30 bits per heavy atom. The molecule has 0 aromatic heterocycles. The average Bonchev–Trinajstić information content (AvgIpc) is 2.24. The SMILES string of the molecule is CCc1c([N+](=O)[O-])cc(OC(F)(F)F)cc1S(=O)(=O)Cl. The van der Waals surface area contributed by atoms with E-state index < -0.39 is 36.7 Å². The molecule has 0 fully saturated rings. The summed E-state index contributed by atoms with van der Waals surface area (Å²) in [6.45, 7) is 1.40. The van der Waals surface area contributed by atoms with Crippen LogP contribution in [0.15, 0.2) is 17.0 Å². The topological polar surface area (TPSA) is 86.5 Å². The van der Waals surface area contributed by atoms with Crippen molar-refractivity contribution < 1.29 is 31.2 Å². The molecule has 0 saturated heterocycles. The largest absolute Gasteiger partial charge is 0.573 e. The fraction of sp³-hybridized carbons (Fsp3) is 0.333. The normalized spacial score (nSPS) is 12.2. The second-order valence-corrected chi connectivity index (χ2v) is 6.05. The number of ether oxygens (including phenoxy) is 1. The third-order valence-electron chi connectivity index (χ3n) is 2.21. The van der Waals surface area contributed by atoms with Crippen molar-refractivity contribution in [1.82, 2.24) is 0 Å². The molecule has 0 unspecified atom stereocenters. The third-order valence-corrected chi connectivity index (χ3v) is 3.59. The minimum Gasteiger partial charge on any atom is -0.405 e. The Bertz CT molecular complexity index is 644. The van der Waals surface area contributed by atoms with Crippen LogP contribution in [0.2, 0.25) is 0 Å². The Labute approximate surface area is 115 Å². The van der Waals surface area contributed by atoms with E-state index in [9.17, 15) is 31.7 Å². The summed E-state index contributed by atoms with van der Waals surface area (Å²) in [5.74, 6) is -1.03. The monoisotopic (exact) mass is 333 g/mol. The summed E-state index contributed by atoms with van der Waals surface area (Å²) in [5, 5.41) is 10.8. The van der Waals surface area contributed by atoms with Crippen LogP contribution in [0.5, 0.6) is 5.75 Å².